The zero-order valence-corrected chi connectivity index (χ0v) is 10.3. The molecule has 1 nitrogen and oxygen atoms in total. The Balaban J connectivity index is 1.83. The number of hydrogen-bond donors (Lipinski definition) is 0. The molecule has 1 heteroatoms. The minimum absolute atomic E-state index is 1.01. The van der Waals surface area contributed by atoms with Gasteiger partial charge in [-0.05, 0) is 43.2 Å². The summed E-state index contributed by atoms with van der Waals surface area (Å²) in [7, 11) is 0. The Bertz CT molecular complexity index is 454. The van der Waals surface area contributed by atoms with Gasteiger partial charge in [0.1, 0.15) is 0 Å². The highest BCUT2D eigenvalue weighted by molar-refractivity contribution is 6.02. The van der Waals surface area contributed by atoms with Crippen LogP contribution in [0.1, 0.15) is 37.7 Å². The van der Waals surface area contributed by atoms with Crippen LogP contribution in [0.5, 0.6) is 0 Å². The topological polar surface area (TPSA) is 12.4 Å². The molecule has 0 saturated heterocycles. The molecule has 1 heterocycles. The number of aliphatic imine (C=N–C) groups is 1. The molecular weight excluding hydrogens is 206 g/mol. The van der Waals surface area contributed by atoms with Gasteiger partial charge in [-0.15, -0.1) is 0 Å². The lowest BCUT2D eigenvalue weighted by Crippen LogP contribution is -2.18. The Kier molecular flexibility index (Phi) is 3.08. The van der Waals surface area contributed by atoms with Crippen molar-refractivity contribution in [2.45, 2.75) is 38.5 Å². The molecule has 0 amide bonds. The van der Waals surface area contributed by atoms with Crippen LogP contribution >= 0.6 is 0 Å². The summed E-state index contributed by atoms with van der Waals surface area (Å²) < 4.78 is 0. The molecule has 0 unspecified atom stereocenters. The standard InChI is InChI=1S/C16H19N/c1-2-6-13(7-3-1)12-16-15-9-5-4-8-14(15)10-11-17-16/h1-3,6-7H,4-5,8-12H2. The SMILES string of the molecule is c1ccc(CC2=NCCC3=C2CCCC3)cc1. The first-order chi connectivity index (χ1) is 8.43. The molecule has 1 aromatic rings. The predicted molar refractivity (Wildman–Crippen MR) is 72.6 cm³/mol. The van der Waals surface area contributed by atoms with Crippen molar-refractivity contribution < 1.29 is 0 Å². The second-order valence-electron chi connectivity index (χ2n) is 5.03. The molecule has 1 aromatic carbocycles. The number of nitrogens with zero attached hydrogens (tertiary/aromatic N) is 1. The first-order valence-corrected chi connectivity index (χ1v) is 6.72. The van der Waals surface area contributed by atoms with Crippen molar-refractivity contribution in [2.75, 3.05) is 6.54 Å². The van der Waals surface area contributed by atoms with Crippen molar-refractivity contribution >= 4 is 5.71 Å². The third-order valence-electron chi connectivity index (χ3n) is 3.86. The van der Waals surface area contributed by atoms with E-state index in [1.807, 2.05) is 0 Å². The lowest BCUT2D eigenvalue weighted by Gasteiger charge is -2.25. The molecule has 88 valence electrons. The van der Waals surface area contributed by atoms with Crippen LogP contribution in [-0.4, -0.2) is 12.3 Å². The van der Waals surface area contributed by atoms with Crippen molar-refractivity contribution in [3.8, 4) is 0 Å². The van der Waals surface area contributed by atoms with E-state index in [9.17, 15) is 0 Å². The maximum atomic E-state index is 4.77. The van der Waals surface area contributed by atoms with Gasteiger partial charge >= 0.3 is 0 Å². The van der Waals surface area contributed by atoms with E-state index in [0.717, 1.165) is 13.0 Å². The Morgan fingerprint density at radius 1 is 0.941 bits per heavy atom. The lowest BCUT2D eigenvalue weighted by molar-refractivity contribution is 0.653. The van der Waals surface area contributed by atoms with Gasteiger partial charge in [0, 0.05) is 18.7 Å². The van der Waals surface area contributed by atoms with Crippen LogP contribution in [0.25, 0.3) is 0 Å². The van der Waals surface area contributed by atoms with Crippen LogP contribution in [-0.2, 0) is 6.42 Å². The summed E-state index contributed by atoms with van der Waals surface area (Å²) in [5, 5.41) is 0. The van der Waals surface area contributed by atoms with Gasteiger partial charge < -0.3 is 0 Å². The van der Waals surface area contributed by atoms with E-state index in [1.165, 1.54) is 43.4 Å². The zero-order valence-electron chi connectivity index (χ0n) is 10.3. The van der Waals surface area contributed by atoms with E-state index < -0.39 is 0 Å². The van der Waals surface area contributed by atoms with E-state index in [4.69, 9.17) is 4.99 Å². The summed E-state index contributed by atoms with van der Waals surface area (Å²) >= 11 is 0. The highest BCUT2D eigenvalue weighted by Crippen LogP contribution is 2.31. The van der Waals surface area contributed by atoms with Crippen molar-refractivity contribution in [1.82, 2.24) is 0 Å². The minimum atomic E-state index is 1.01. The molecule has 1 aliphatic heterocycles. The zero-order chi connectivity index (χ0) is 11.5. The maximum Gasteiger partial charge on any atom is 0.0430 e. The summed E-state index contributed by atoms with van der Waals surface area (Å²) in [6.45, 7) is 1.01. The molecule has 0 N–H and O–H groups in total. The monoisotopic (exact) mass is 225 g/mol. The maximum absolute atomic E-state index is 4.77. The summed E-state index contributed by atoms with van der Waals surface area (Å²) in [5.74, 6) is 0. The first-order valence-electron chi connectivity index (χ1n) is 6.72. The van der Waals surface area contributed by atoms with Crippen molar-refractivity contribution in [3.05, 3.63) is 47.0 Å². The van der Waals surface area contributed by atoms with Crippen LogP contribution < -0.4 is 0 Å². The molecule has 0 radical (unpaired) electrons. The highest BCUT2D eigenvalue weighted by atomic mass is 14.7. The Hall–Kier alpha value is -1.37. The van der Waals surface area contributed by atoms with E-state index in [0.29, 0.717) is 0 Å². The fourth-order valence-electron chi connectivity index (χ4n) is 2.97. The average molecular weight is 225 g/mol. The van der Waals surface area contributed by atoms with Gasteiger partial charge in [0.2, 0.25) is 0 Å². The van der Waals surface area contributed by atoms with Crippen molar-refractivity contribution in [2.24, 2.45) is 4.99 Å². The Labute approximate surface area is 103 Å². The molecule has 17 heavy (non-hydrogen) atoms. The molecule has 0 spiro atoms. The predicted octanol–water partition coefficient (Wildman–Crippen LogP) is 3.94. The van der Waals surface area contributed by atoms with Crippen LogP contribution in [0.15, 0.2) is 46.5 Å². The Morgan fingerprint density at radius 3 is 2.65 bits per heavy atom. The van der Waals surface area contributed by atoms with Gasteiger partial charge in [-0.2, -0.15) is 0 Å². The van der Waals surface area contributed by atoms with Crippen LogP contribution in [0, 0.1) is 0 Å². The van der Waals surface area contributed by atoms with Gasteiger partial charge in [-0.3, -0.25) is 4.99 Å². The minimum Gasteiger partial charge on any atom is -0.289 e. The van der Waals surface area contributed by atoms with Gasteiger partial charge in [-0.1, -0.05) is 35.9 Å². The van der Waals surface area contributed by atoms with Crippen molar-refractivity contribution in [3.63, 3.8) is 0 Å². The number of hydrogen-bond acceptors (Lipinski definition) is 1. The van der Waals surface area contributed by atoms with Gasteiger partial charge in [0.05, 0.1) is 0 Å². The normalized spacial score (nSPS) is 19.9. The summed E-state index contributed by atoms with van der Waals surface area (Å²) in [4.78, 5) is 4.77. The van der Waals surface area contributed by atoms with E-state index in [2.05, 4.69) is 30.3 Å². The fraction of sp³-hybridized carbons (Fsp3) is 0.438. The Morgan fingerprint density at radius 2 is 1.76 bits per heavy atom. The molecular formula is C16H19N. The molecule has 0 aromatic heterocycles. The molecule has 0 bridgehead atoms. The number of dihydropyridines is 1. The second kappa shape index (κ2) is 4.87. The lowest BCUT2D eigenvalue weighted by atomic mass is 9.84. The van der Waals surface area contributed by atoms with Gasteiger partial charge in [0.25, 0.3) is 0 Å². The molecule has 0 fully saturated rings. The van der Waals surface area contributed by atoms with Crippen LogP contribution in [0.2, 0.25) is 0 Å². The van der Waals surface area contributed by atoms with Crippen LogP contribution in [0.4, 0.5) is 0 Å². The third-order valence-corrected chi connectivity index (χ3v) is 3.86. The molecule has 0 saturated carbocycles. The van der Waals surface area contributed by atoms with Gasteiger partial charge in [-0.25, -0.2) is 0 Å². The quantitative estimate of drug-likeness (QED) is 0.722. The second-order valence-corrected chi connectivity index (χ2v) is 5.03. The number of allylic oxidation sites excluding steroid dienone is 1. The number of benzene rings is 1. The highest BCUT2D eigenvalue weighted by Gasteiger charge is 2.20. The summed E-state index contributed by atoms with van der Waals surface area (Å²) in [6, 6.07) is 10.7. The molecule has 2 aliphatic rings. The number of rotatable bonds is 2. The third kappa shape index (κ3) is 2.33. The van der Waals surface area contributed by atoms with E-state index >= 15 is 0 Å². The smallest absolute Gasteiger partial charge is 0.0430 e. The average Bonchev–Trinajstić information content (AvgIpc) is 2.40. The molecule has 0 atom stereocenters. The first kappa shape index (κ1) is 10.8. The summed E-state index contributed by atoms with van der Waals surface area (Å²) in [6.07, 6.45) is 7.57. The fourth-order valence-corrected chi connectivity index (χ4v) is 2.97. The van der Waals surface area contributed by atoms with E-state index in [1.54, 1.807) is 11.1 Å². The largest absolute Gasteiger partial charge is 0.289 e. The van der Waals surface area contributed by atoms with Crippen molar-refractivity contribution in [1.29, 1.82) is 0 Å². The summed E-state index contributed by atoms with van der Waals surface area (Å²) in [5.41, 5.74) is 6.08. The van der Waals surface area contributed by atoms with E-state index in [-0.39, 0.29) is 0 Å². The molecule has 3 rings (SSSR count). The van der Waals surface area contributed by atoms with Gasteiger partial charge in [0.15, 0.2) is 0 Å². The molecule has 1 aliphatic carbocycles. The van der Waals surface area contributed by atoms with Crippen LogP contribution in [0.3, 0.4) is 0 Å².